The molecule has 0 amide bonds. The molecule has 0 fully saturated rings. The third kappa shape index (κ3) is 3.01. The highest BCUT2D eigenvalue weighted by molar-refractivity contribution is 7.80. The van der Waals surface area contributed by atoms with E-state index in [1.54, 1.807) is 0 Å². The first-order valence-electron chi connectivity index (χ1n) is 4.01. The minimum absolute atomic E-state index is 0.0545. The molecule has 0 bridgehead atoms. The first kappa shape index (κ1) is 9.95. The van der Waals surface area contributed by atoms with Gasteiger partial charge in [-0.05, 0) is 36.8 Å². The highest BCUT2D eigenvalue weighted by Gasteiger charge is 1.98. The molecule has 70 valence electrons. The number of thiocarbonyl (C=S) groups is 1. The molecule has 3 nitrogen and oxygen atoms in total. The number of anilines is 1. The van der Waals surface area contributed by atoms with Gasteiger partial charge in [0.05, 0.1) is 0 Å². The predicted molar refractivity (Wildman–Crippen MR) is 59.5 cm³/mol. The van der Waals surface area contributed by atoms with Crippen molar-refractivity contribution < 1.29 is 0 Å². The summed E-state index contributed by atoms with van der Waals surface area (Å²) < 4.78 is 0. The van der Waals surface area contributed by atoms with Gasteiger partial charge in [0.15, 0.2) is 5.11 Å². The van der Waals surface area contributed by atoms with E-state index in [9.17, 15) is 0 Å². The molecule has 1 aromatic rings. The Kier molecular flexibility index (Phi) is 3.22. The molecule has 5 N–H and O–H groups in total. The van der Waals surface area contributed by atoms with Gasteiger partial charge in [0.2, 0.25) is 0 Å². The standard InChI is InChI=1S/C9H13N3S/c1-6(10)7-2-4-8(5-3-7)12-9(11)13/h2-6H,10H2,1H3,(H3,11,12,13). The molecule has 1 unspecified atom stereocenters. The van der Waals surface area contributed by atoms with Gasteiger partial charge in [-0.1, -0.05) is 12.1 Å². The monoisotopic (exact) mass is 195 g/mol. The SMILES string of the molecule is CC(N)c1ccc(NC(N)=S)cc1. The average Bonchev–Trinajstić information content (AvgIpc) is 2.04. The van der Waals surface area contributed by atoms with E-state index >= 15 is 0 Å². The van der Waals surface area contributed by atoms with E-state index in [0.717, 1.165) is 11.3 Å². The van der Waals surface area contributed by atoms with Crippen molar-refractivity contribution in [3.63, 3.8) is 0 Å². The second-order valence-corrected chi connectivity index (χ2v) is 3.34. The highest BCUT2D eigenvalue weighted by atomic mass is 32.1. The van der Waals surface area contributed by atoms with Crippen molar-refractivity contribution in [1.82, 2.24) is 0 Å². The summed E-state index contributed by atoms with van der Waals surface area (Å²) >= 11 is 4.70. The molecule has 1 rings (SSSR count). The van der Waals surface area contributed by atoms with Gasteiger partial charge in [-0.3, -0.25) is 0 Å². The minimum atomic E-state index is 0.0545. The Morgan fingerprint density at radius 1 is 1.38 bits per heavy atom. The van der Waals surface area contributed by atoms with E-state index in [2.05, 4.69) is 5.32 Å². The molecule has 1 atom stereocenters. The quantitative estimate of drug-likeness (QED) is 0.623. The van der Waals surface area contributed by atoms with Crippen LogP contribution >= 0.6 is 12.2 Å². The van der Waals surface area contributed by atoms with Gasteiger partial charge in [-0.25, -0.2) is 0 Å². The summed E-state index contributed by atoms with van der Waals surface area (Å²) in [5.74, 6) is 0. The molecule has 4 heteroatoms. The van der Waals surface area contributed by atoms with E-state index in [4.69, 9.17) is 23.7 Å². The maximum atomic E-state index is 5.69. The molecule has 0 radical (unpaired) electrons. The largest absolute Gasteiger partial charge is 0.376 e. The van der Waals surface area contributed by atoms with E-state index in [1.807, 2.05) is 31.2 Å². The number of rotatable bonds is 2. The topological polar surface area (TPSA) is 64.1 Å². The van der Waals surface area contributed by atoms with Crippen LogP contribution in [0.25, 0.3) is 0 Å². The lowest BCUT2D eigenvalue weighted by molar-refractivity contribution is 0.818. The first-order chi connectivity index (χ1) is 6.09. The molecular formula is C9H13N3S. The van der Waals surface area contributed by atoms with Crippen molar-refractivity contribution in [2.45, 2.75) is 13.0 Å². The summed E-state index contributed by atoms with van der Waals surface area (Å²) in [7, 11) is 0. The molecular weight excluding hydrogens is 182 g/mol. The Morgan fingerprint density at radius 3 is 2.31 bits per heavy atom. The van der Waals surface area contributed by atoms with Gasteiger partial charge in [0, 0.05) is 11.7 Å². The first-order valence-corrected chi connectivity index (χ1v) is 4.42. The number of hydrogen-bond acceptors (Lipinski definition) is 2. The summed E-state index contributed by atoms with van der Waals surface area (Å²) in [6.45, 7) is 1.94. The molecule has 0 aromatic heterocycles. The lowest BCUT2D eigenvalue weighted by Gasteiger charge is -2.07. The predicted octanol–water partition coefficient (Wildman–Crippen LogP) is 1.36. The smallest absolute Gasteiger partial charge is 0.168 e. The number of hydrogen-bond donors (Lipinski definition) is 3. The third-order valence-corrected chi connectivity index (χ3v) is 1.81. The van der Waals surface area contributed by atoms with Gasteiger partial charge in [-0.2, -0.15) is 0 Å². The lowest BCUT2D eigenvalue weighted by atomic mass is 10.1. The van der Waals surface area contributed by atoms with Crippen molar-refractivity contribution in [3.8, 4) is 0 Å². The van der Waals surface area contributed by atoms with Crippen molar-refractivity contribution >= 4 is 23.0 Å². The van der Waals surface area contributed by atoms with Crippen LogP contribution in [0.4, 0.5) is 5.69 Å². The van der Waals surface area contributed by atoms with Gasteiger partial charge in [0.1, 0.15) is 0 Å². The fourth-order valence-corrected chi connectivity index (χ4v) is 1.13. The number of nitrogens with one attached hydrogen (secondary N) is 1. The Labute approximate surface area is 83.1 Å². The van der Waals surface area contributed by atoms with E-state index in [-0.39, 0.29) is 11.2 Å². The van der Waals surface area contributed by atoms with Crippen molar-refractivity contribution in [1.29, 1.82) is 0 Å². The summed E-state index contributed by atoms with van der Waals surface area (Å²) in [4.78, 5) is 0. The van der Waals surface area contributed by atoms with Crippen LogP contribution in [0, 0.1) is 0 Å². The zero-order valence-corrected chi connectivity index (χ0v) is 8.27. The second-order valence-electron chi connectivity index (χ2n) is 2.90. The van der Waals surface area contributed by atoms with E-state index in [1.165, 1.54) is 0 Å². The normalized spacial score (nSPS) is 12.2. The molecule has 0 saturated carbocycles. The molecule has 0 aliphatic heterocycles. The second kappa shape index (κ2) is 4.20. The van der Waals surface area contributed by atoms with Gasteiger partial charge >= 0.3 is 0 Å². The van der Waals surface area contributed by atoms with Crippen molar-refractivity contribution in [2.24, 2.45) is 11.5 Å². The zero-order chi connectivity index (χ0) is 9.84. The minimum Gasteiger partial charge on any atom is -0.376 e. The van der Waals surface area contributed by atoms with Crippen LogP contribution in [-0.2, 0) is 0 Å². The molecule has 0 saturated heterocycles. The summed E-state index contributed by atoms with van der Waals surface area (Å²) in [5.41, 5.74) is 13.0. The van der Waals surface area contributed by atoms with Crippen LogP contribution in [-0.4, -0.2) is 5.11 Å². The van der Waals surface area contributed by atoms with Gasteiger partial charge < -0.3 is 16.8 Å². The molecule has 0 heterocycles. The van der Waals surface area contributed by atoms with E-state index in [0.29, 0.717) is 0 Å². The van der Waals surface area contributed by atoms with Crippen LogP contribution in [0.15, 0.2) is 24.3 Å². The van der Waals surface area contributed by atoms with Crippen LogP contribution in [0.5, 0.6) is 0 Å². The maximum absolute atomic E-state index is 5.69. The van der Waals surface area contributed by atoms with Crippen molar-refractivity contribution in [3.05, 3.63) is 29.8 Å². The fraction of sp³-hybridized carbons (Fsp3) is 0.222. The number of nitrogens with two attached hydrogens (primary N) is 2. The zero-order valence-electron chi connectivity index (χ0n) is 7.45. The molecule has 0 spiro atoms. The van der Waals surface area contributed by atoms with Crippen LogP contribution in [0.2, 0.25) is 0 Å². The third-order valence-electron chi connectivity index (χ3n) is 1.70. The maximum Gasteiger partial charge on any atom is 0.168 e. The van der Waals surface area contributed by atoms with Crippen LogP contribution < -0.4 is 16.8 Å². The summed E-state index contributed by atoms with van der Waals surface area (Å²) in [5, 5.41) is 3.11. The van der Waals surface area contributed by atoms with E-state index < -0.39 is 0 Å². The lowest BCUT2D eigenvalue weighted by Crippen LogP contribution is -2.18. The average molecular weight is 195 g/mol. The van der Waals surface area contributed by atoms with Gasteiger partial charge in [-0.15, -0.1) is 0 Å². The summed E-state index contributed by atoms with van der Waals surface area (Å²) in [6.07, 6.45) is 0. The number of benzene rings is 1. The Balaban J connectivity index is 2.75. The Bertz CT molecular complexity index is 292. The van der Waals surface area contributed by atoms with Crippen LogP contribution in [0.1, 0.15) is 18.5 Å². The molecule has 0 aliphatic carbocycles. The Hall–Kier alpha value is -1.13. The highest BCUT2D eigenvalue weighted by Crippen LogP contribution is 2.13. The summed E-state index contributed by atoms with van der Waals surface area (Å²) in [6, 6.07) is 7.76. The molecule has 1 aromatic carbocycles. The van der Waals surface area contributed by atoms with Gasteiger partial charge in [0.25, 0.3) is 0 Å². The fourth-order valence-electron chi connectivity index (χ4n) is 1.01. The Morgan fingerprint density at radius 2 is 1.92 bits per heavy atom. The molecule has 13 heavy (non-hydrogen) atoms. The van der Waals surface area contributed by atoms with Crippen molar-refractivity contribution in [2.75, 3.05) is 5.32 Å². The van der Waals surface area contributed by atoms with Crippen LogP contribution in [0.3, 0.4) is 0 Å². The molecule has 0 aliphatic rings.